The van der Waals surface area contributed by atoms with Crippen molar-refractivity contribution in [3.8, 4) is 5.75 Å². The molecule has 102 valence electrons. The molecule has 0 radical (unpaired) electrons. The molecule has 4 N–H and O–H groups in total. The maximum atomic E-state index is 5.78. The summed E-state index contributed by atoms with van der Waals surface area (Å²) in [5.41, 5.74) is 7.52. The van der Waals surface area contributed by atoms with Gasteiger partial charge in [-0.25, -0.2) is 4.99 Å². The zero-order valence-electron chi connectivity index (χ0n) is 10.5. The average molecular weight is 373 g/mol. The number of nitrogens with one attached hydrogen (secondary N) is 2. The van der Waals surface area contributed by atoms with E-state index in [0.717, 1.165) is 17.1 Å². The van der Waals surface area contributed by atoms with Gasteiger partial charge >= 0.3 is 0 Å². The molecule has 0 amide bonds. The Kier molecular flexibility index (Phi) is 6.13. The van der Waals surface area contributed by atoms with Crippen molar-refractivity contribution in [3.05, 3.63) is 42.2 Å². The zero-order valence-corrected chi connectivity index (χ0v) is 12.8. The van der Waals surface area contributed by atoms with E-state index in [0.29, 0.717) is 12.5 Å². The van der Waals surface area contributed by atoms with E-state index in [1.54, 1.807) is 13.3 Å². The Labute approximate surface area is 128 Å². The molecule has 1 aromatic heterocycles. The first-order valence-electron chi connectivity index (χ1n) is 5.47. The van der Waals surface area contributed by atoms with Crippen LogP contribution in [0.1, 0.15) is 5.69 Å². The molecular weight excluding hydrogens is 357 g/mol. The van der Waals surface area contributed by atoms with Crippen LogP contribution in [0.4, 0.5) is 5.69 Å². The first kappa shape index (κ1) is 15.3. The molecule has 2 rings (SSSR count). The lowest BCUT2D eigenvalue weighted by molar-refractivity contribution is 0.415. The van der Waals surface area contributed by atoms with Crippen LogP contribution in [0.5, 0.6) is 5.75 Å². The molecule has 0 saturated carbocycles. The topological polar surface area (TPSA) is 88.3 Å². The van der Waals surface area contributed by atoms with Crippen LogP contribution in [0, 0.1) is 0 Å². The number of hydrogen-bond donors (Lipinski definition) is 3. The predicted octanol–water partition coefficient (Wildman–Crippen LogP) is 1.96. The smallest absolute Gasteiger partial charge is 0.193 e. The minimum atomic E-state index is 0. The van der Waals surface area contributed by atoms with Gasteiger partial charge in [-0.3, -0.25) is 5.10 Å². The molecule has 0 saturated heterocycles. The summed E-state index contributed by atoms with van der Waals surface area (Å²) in [5.74, 6) is 1.11. The lowest BCUT2D eigenvalue weighted by Gasteiger charge is -2.06. The summed E-state index contributed by atoms with van der Waals surface area (Å²) < 4.78 is 5.12. The monoisotopic (exact) mass is 373 g/mol. The first-order chi connectivity index (χ1) is 8.78. The molecule has 0 aliphatic carbocycles. The van der Waals surface area contributed by atoms with E-state index in [1.807, 2.05) is 30.3 Å². The van der Waals surface area contributed by atoms with Gasteiger partial charge in [0.15, 0.2) is 5.96 Å². The Morgan fingerprint density at radius 2 is 2.32 bits per heavy atom. The highest BCUT2D eigenvalue weighted by molar-refractivity contribution is 14.0. The average Bonchev–Trinajstić information content (AvgIpc) is 2.90. The van der Waals surface area contributed by atoms with Gasteiger partial charge < -0.3 is 15.8 Å². The van der Waals surface area contributed by atoms with Gasteiger partial charge in [0.05, 0.1) is 19.3 Å². The number of rotatable bonds is 4. The second-order valence-electron chi connectivity index (χ2n) is 3.64. The summed E-state index contributed by atoms with van der Waals surface area (Å²) in [6, 6.07) is 9.33. The summed E-state index contributed by atoms with van der Waals surface area (Å²) in [5, 5.41) is 9.64. The molecule has 0 spiro atoms. The number of ether oxygens (including phenoxy) is 1. The van der Waals surface area contributed by atoms with E-state index in [2.05, 4.69) is 20.5 Å². The molecule has 0 atom stereocenters. The summed E-state index contributed by atoms with van der Waals surface area (Å²) in [4.78, 5) is 4.19. The van der Waals surface area contributed by atoms with Gasteiger partial charge in [0.25, 0.3) is 0 Å². The molecule has 0 aliphatic heterocycles. The molecule has 19 heavy (non-hydrogen) atoms. The number of methoxy groups -OCH3 is 1. The lowest BCUT2D eigenvalue weighted by Crippen LogP contribution is -2.22. The number of nitrogens with two attached hydrogens (primary N) is 1. The summed E-state index contributed by atoms with van der Waals surface area (Å²) in [6.45, 7) is 0.461. The van der Waals surface area contributed by atoms with Crippen LogP contribution in [0.2, 0.25) is 0 Å². The van der Waals surface area contributed by atoms with Crippen LogP contribution in [-0.4, -0.2) is 23.3 Å². The number of guanidine groups is 1. The Hall–Kier alpha value is -1.77. The Balaban J connectivity index is 0.00000180. The van der Waals surface area contributed by atoms with E-state index in [-0.39, 0.29) is 24.0 Å². The van der Waals surface area contributed by atoms with Gasteiger partial charge in [-0.1, -0.05) is 6.07 Å². The highest BCUT2D eigenvalue weighted by Gasteiger charge is 1.98. The fraction of sp³-hybridized carbons (Fsp3) is 0.167. The molecule has 0 unspecified atom stereocenters. The van der Waals surface area contributed by atoms with E-state index >= 15 is 0 Å². The Morgan fingerprint density at radius 3 is 3.00 bits per heavy atom. The number of benzene rings is 1. The van der Waals surface area contributed by atoms with Crippen LogP contribution < -0.4 is 15.8 Å². The third-order valence-corrected chi connectivity index (χ3v) is 2.32. The molecule has 6 nitrogen and oxygen atoms in total. The lowest BCUT2D eigenvalue weighted by atomic mass is 10.3. The normalized spacial score (nSPS) is 10.7. The molecule has 0 aliphatic rings. The number of nitrogens with zero attached hydrogens (tertiary/aromatic N) is 2. The van der Waals surface area contributed by atoms with Gasteiger partial charge in [0.1, 0.15) is 5.75 Å². The highest BCUT2D eigenvalue weighted by Crippen LogP contribution is 2.16. The molecular formula is C12H16IN5O. The molecule has 7 heteroatoms. The van der Waals surface area contributed by atoms with Crippen molar-refractivity contribution in [3.63, 3.8) is 0 Å². The Morgan fingerprint density at radius 1 is 1.47 bits per heavy atom. The van der Waals surface area contributed by atoms with Gasteiger partial charge in [0, 0.05) is 18.0 Å². The van der Waals surface area contributed by atoms with Crippen molar-refractivity contribution < 1.29 is 4.74 Å². The molecule has 0 bridgehead atoms. The fourth-order valence-corrected chi connectivity index (χ4v) is 1.43. The SMILES string of the molecule is COc1cccc(NC(N)=NCc2ccn[nH]2)c1.I. The van der Waals surface area contributed by atoms with Gasteiger partial charge in [-0.15, -0.1) is 24.0 Å². The number of anilines is 1. The third-order valence-electron chi connectivity index (χ3n) is 2.32. The standard InChI is InChI=1S/C12H15N5O.HI/c1-18-11-4-2-3-9(7-11)16-12(13)14-8-10-5-6-15-17-10;/h2-7H,8H2,1H3,(H,15,17)(H3,13,14,16);1H. The first-order valence-corrected chi connectivity index (χ1v) is 5.47. The maximum Gasteiger partial charge on any atom is 0.193 e. The molecule has 2 aromatic rings. The fourth-order valence-electron chi connectivity index (χ4n) is 1.43. The minimum absolute atomic E-state index is 0. The number of halogens is 1. The van der Waals surface area contributed by atoms with Gasteiger partial charge in [-0.2, -0.15) is 5.10 Å². The second-order valence-corrected chi connectivity index (χ2v) is 3.64. The van der Waals surface area contributed by atoms with Crippen LogP contribution in [0.3, 0.4) is 0 Å². The van der Waals surface area contributed by atoms with Gasteiger partial charge in [0.2, 0.25) is 0 Å². The molecule has 1 heterocycles. The minimum Gasteiger partial charge on any atom is -0.497 e. The second kappa shape index (κ2) is 7.62. The van der Waals surface area contributed by atoms with Crippen molar-refractivity contribution in [2.45, 2.75) is 6.54 Å². The number of aromatic nitrogens is 2. The van der Waals surface area contributed by atoms with E-state index in [1.165, 1.54) is 0 Å². The summed E-state index contributed by atoms with van der Waals surface area (Å²) in [6.07, 6.45) is 1.68. The number of aliphatic imine (C=N–C) groups is 1. The van der Waals surface area contributed by atoms with E-state index in [4.69, 9.17) is 10.5 Å². The third kappa shape index (κ3) is 4.78. The van der Waals surface area contributed by atoms with Crippen molar-refractivity contribution in [1.29, 1.82) is 0 Å². The summed E-state index contributed by atoms with van der Waals surface area (Å²) in [7, 11) is 1.62. The van der Waals surface area contributed by atoms with Crippen LogP contribution in [-0.2, 0) is 6.54 Å². The van der Waals surface area contributed by atoms with Crippen molar-refractivity contribution in [1.82, 2.24) is 10.2 Å². The van der Waals surface area contributed by atoms with Crippen molar-refractivity contribution >= 4 is 35.6 Å². The predicted molar refractivity (Wildman–Crippen MR) is 85.9 cm³/mol. The van der Waals surface area contributed by atoms with Crippen molar-refractivity contribution in [2.24, 2.45) is 10.7 Å². The van der Waals surface area contributed by atoms with E-state index < -0.39 is 0 Å². The summed E-state index contributed by atoms with van der Waals surface area (Å²) >= 11 is 0. The maximum absolute atomic E-state index is 5.78. The largest absolute Gasteiger partial charge is 0.497 e. The highest BCUT2D eigenvalue weighted by atomic mass is 127. The van der Waals surface area contributed by atoms with Crippen LogP contribution in [0.25, 0.3) is 0 Å². The van der Waals surface area contributed by atoms with Crippen molar-refractivity contribution in [2.75, 3.05) is 12.4 Å². The van der Waals surface area contributed by atoms with Crippen LogP contribution >= 0.6 is 24.0 Å². The number of aromatic amines is 1. The van der Waals surface area contributed by atoms with Crippen LogP contribution in [0.15, 0.2) is 41.5 Å². The zero-order chi connectivity index (χ0) is 12.8. The Bertz CT molecular complexity index is 527. The van der Waals surface area contributed by atoms with E-state index in [9.17, 15) is 0 Å². The molecule has 0 fully saturated rings. The number of H-pyrrole nitrogens is 1. The molecule has 1 aromatic carbocycles. The quantitative estimate of drug-likeness (QED) is 0.434. The van der Waals surface area contributed by atoms with Gasteiger partial charge in [-0.05, 0) is 18.2 Å². The number of hydrogen-bond acceptors (Lipinski definition) is 3.